The van der Waals surface area contributed by atoms with Crippen LogP contribution in [0, 0.1) is 18.3 Å². The summed E-state index contributed by atoms with van der Waals surface area (Å²) in [7, 11) is 0. The van der Waals surface area contributed by atoms with Crippen LogP contribution < -0.4 is 9.80 Å². The molecule has 21 heavy (non-hydrogen) atoms. The van der Waals surface area contributed by atoms with Gasteiger partial charge in [0.25, 0.3) is 0 Å². The van der Waals surface area contributed by atoms with Crippen molar-refractivity contribution in [3.05, 3.63) is 41.9 Å². The third kappa shape index (κ3) is 2.92. The lowest BCUT2D eigenvalue weighted by Crippen LogP contribution is -2.47. The number of aryl methyl sites for hydroxylation is 1. The van der Waals surface area contributed by atoms with Gasteiger partial charge >= 0.3 is 0 Å². The van der Waals surface area contributed by atoms with Gasteiger partial charge < -0.3 is 9.80 Å². The maximum absolute atomic E-state index is 9.05. The maximum Gasteiger partial charge on any atom is 0.225 e. The number of hydrogen-bond acceptors (Lipinski definition) is 6. The van der Waals surface area contributed by atoms with Crippen molar-refractivity contribution >= 4 is 11.8 Å². The molecule has 1 fully saturated rings. The molecule has 0 saturated carbocycles. The van der Waals surface area contributed by atoms with Gasteiger partial charge in [-0.05, 0) is 25.1 Å². The van der Waals surface area contributed by atoms with Crippen molar-refractivity contribution in [1.29, 1.82) is 5.26 Å². The standard InChI is InChI=1S/C15H16N6/c1-12-9-13(11-16)10-14(19-12)20-5-7-21(8-6-20)15-17-3-2-4-18-15/h2-4,9-10H,5-8H2,1H3. The fourth-order valence-electron chi connectivity index (χ4n) is 2.47. The molecule has 1 aliphatic rings. The molecule has 2 aromatic rings. The minimum atomic E-state index is 0.659. The third-order valence-corrected chi connectivity index (χ3v) is 3.51. The third-order valence-electron chi connectivity index (χ3n) is 3.51. The number of hydrogen-bond donors (Lipinski definition) is 0. The zero-order valence-electron chi connectivity index (χ0n) is 11.9. The molecule has 0 spiro atoms. The Labute approximate surface area is 123 Å². The van der Waals surface area contributed by atoms with Crippen LogP contribution in [0.5, 0.6) is 0 Å². The Morgan fingerprint density at radius 2 is 1.71 bits per heavy atom. The number of pyridine rings is 1. The first-order chi connectivity index (χ1) is 10.3. The van der Waals surface area contributed by atoms with Crippen molar-refractivity contribution in [3.63, 3.8) is 0 Å². The van der Waals surface area contributed by atoms with Gasteiger partial charge in [0, 0.05) is 44.3 Å². The van der Waals surface area contributed by atoms with Gasteiger partial charge in [-0.1, -0.05) is 0 Å². The molecule has 3 heterocycles. The minimum Gasteiger partial charge on any atom is -0.353 e. The predicted octanol–water partition coefficient (Wildman–Crippen LogP) is 1.38. The van der Waals surface area contributed by atoms with E-state index in [9.17, 15) is 0 Å². The largest absolute Gasteiger partial charge is 0.353 e. The van der Waals surface area contributed by atoms with E-state index in [4.69, 9.17) is 5.26 Å². The van der Waals surface area contributed by atoms with E-state index in [1.807, 2.05) is 19.1 Å². The van der Waals surface area contributed by atoms with Crippen LogP contribution >= 0.6 is 0 Å². The van der Waals surface area contributed by atoms with E-state index in [1.165, 1.54) is 0 Å². The van der Waals surface area contributed by atoms with Crippen molar-refractivity contribution < 1.29 is 0 Å². The summed E-state index contributed by atoms with van der Waals surface area (Å²) >= 11 is 0. The highest BCUT2D eigenvalue weighted by atomic mass is 15.3. The van der Waals surface area contributed by atoms with Gasteiger partial charge in [0.2, 0.25) is 5.95 Å². The number of nitriles is 1. The molecular weight excluding hydrogens is 264 g/mol. The summed E-state index contributed by atoms with van der Waals surface area (Å²) in [5.74, 6) is 1.65. The van der Waals surface area contributed by atoms with E-state index in [1.54, 1.807) is 18.5 Å². The summed E-state index contributed by atoms with van der Waals surface area (Å²) in [6.45, 7) is 5.31. The summed E-state index contributed by atoms with van der Waals surface area (Å²) in [4.78, 5) is 17.5. The fraction of sp³-hybridized carbons (Fsp3) is 0.333. The highest BCUT2D eigenvalue weighted by Gasteiger charge is 2.20. The lowest BCUT2D eigenvalue weighted by molar-refractivity contribution is 0.634. The van der Waals surface area contributed by atoms with Crippen molar-refractivity contribution in [3.8, 4) is 6.07 Å². The fourth-order valence-corrected chi connectivity index (χ4v) is 2.47. The lowest BCUT2D eigenvalue weighted by Gasteiger charge is -2.35. The van der Waals surface area contributed by atoms with Gasteiger partial charge in [-0.25, -0.2) is 15.0 Å². The molecule has 6 nitrogen and oxygen atoms in total. The molecular formula is C15H16N6. The molecule has 0 aromatic carbocycles. The number of nitrogens with zero attached hydrogens (tertiary/aromatic N) is 6. The molecule has 1 aliphatic heterocycles. The number of piperazine rings is 1. The second-order valence-electron chi connectivity index (χ2n) is 4.99. The Morgan fingerprint density at radius 1 is 1.05 bits per heavy atom. The average molecular weight is 280 g/mol. The van der Waals surface area contributed by atoms with Gasteiger partial charge in [-0.15, -0.1) is 0 Å². The summed E-state index contributed by atoms with van der Waals surface area (Å²) in [5.41, 5.74) is 1.53. The molecule has 0 atom stereocenters. The molecule has 1 saturated heterocycles. The first kappa shape index (κ1) is 13.3. The van der Waals surface area contributed by atoms with Crippen LogP contribution in [0.25, 0.3) is 0 Å². The van der Waals surface area contributed by atoms with Crippen LogP contribution in [-0.4, -0.2) is 41.1 Å². The minimum absolute atomic E-state index is 0.659. The predicted molar refractivity (Wildman–Crippen MR) is 80.1 cm³/mol. The van der Waals surface area contributed by atoms with Crippen LogP contribution in [0.1, 0.15) is 11.3 Å². The van der Waals surface area contributed by atoms with Crippen LogP contribution in [0.3, 0.4) is 0 Å². The number of aromatic nitrogens is 3. The topological polar surface area (TPSA) is 68.9 Å². The number of rotatable bonds is 2. The van der Waals surface area contributed by atoms with E-state index in [0.29, 0.717) is 5.56 Å². The quantitative estimate of drug-likeness (QED) is 0.827. The van der Waals surface area contributed by atoms with Gasteiger partial charge in [-0.2, -0.15) is 5.26 Å². The molecule has 0 amide bonds. The summed E-state index contributed by atoms with van der Waals surface area (Å²) in [6, 6.07) is 7.66. The Bertz CT molecular complexity index is 656. The van der Waals surface area contributed by atoms with Gasteiger partial charge in [0.15, 0.2) is 0 Å². The molecule has 0 radical (unpaired) electrons. The summed E-state index contributed by atoms with van der Waals surface area (Å²) < 4.78 is 0. The van der Waals surface area contributed by atoms with Gasteiger partial charge in [-0.3, -0.25) is 0 Å². The SMILES string of the molecule is Cc1cc(C#N)cc(N2CCN(c3ncccn3)CC2)n1. The maximum atomic E-state index is 9.05. The van der Waals surface area contributed by atoms with Crippen LogP contribution in [0.4, 0.5) is 11.8 Å². The summed E-state index contributed by atoms with van der Waals surface area (Å²) in [5, 5.41) is 9.05. The Hall–Kier alpha value is -2.68. The van der Waals surface area contributed by atoms with Crippen molar-refractivity contribution in [2.24, 2.45) is 0 Å². The average Bonchev–Trinajstić information content (AvgIpc) is 2.55. The molecule has 0 N–H and O–H groups in total. The Morgan fingerprint density at radius 3 is 2.38 bits per heavy atom. The lowest BCUT2D eigenvalue weighted by atomic mass is 10.2. The van der Waals surface area contributed by atoms with Crippen LogP contribution in [0.15, 0.2) is 30.6 Å². The molecule has 6 heteroatoms. The van der Waals surface area contributed by atoms with E-state index in [2.05, 4.69) is 30.8 Å². The van der Waals surface area contributed by atoms with E-state index in [0.717, 1.165) is 43.6 Å². The van der Waals surface area contributed by atoms with Crippen molar-refractivity contribution in [2.75, 3.05) is 36.0 Å². The first-order valence-corrected chi connectivity index (χ1v) is 6.92. The van der Waals surface area contributed by atoms with Gasteiger partial charge in [0.05, 0.1) is 11.6 Å². The second-order valence-corrected chi connectivity index (χ2v) is 4.99. The van der Waals surface area contributed by atoms with Crippen molar-refractivity contribution in [2.45, 2.75) is 6.92 Å². The molecule has 3 rings (SSSR count). The molecule has 2 aromatic heterocycles. The molecule has 106 valence electrons. The van der Waals surface area contributed by atoms with E-state index in [-0.39, 0.29) is 0 Å². The van der Waals surface area contributed by atoms with E-state index >= 15 is 0 Å². The second kappa shape index (κ2) is 5.75. The van der Waals surface area contributed by atoms with Crippen LogP contribution in [0.2, 0.25) is 0 Å². The van der Waals surface area contributed by atoms with Crippen LogP contribution in [-0.2, 0) is 0 Å². The normalized spacial score (nSPS) is 14.9. The molecule has 0 aliphatic carbocycles. The zero-order valence-corrected chi connectivity index (χ0v) is 11.9. The van der Waals surface area contributed by atoms with E-state index < -0.39 is 0 Å². The monoisotopic (exact) mass is 280 g/mol. The molecule has 0 bridgehead atoms. The number of anilines is 2. The smallest absolute Gasteiger partial charge is 0.225 e. The first-order valence-electron chi connectivity index (χ1n) is 6.92. The zero-order chi connectivity index (χ0) is 14.7. The Balaban J connectivity index is 1.71. The van der Waals surface area contributed by atoms with Gasteiger partial charge in [0.1, 0.15) is 5.82 Å². The highest BCUT2D eigenvalue weighted by molar-refractivity contribution is 5.48. The summed E-state index contributed by atoms with van der Waals surface area (Å²) in [6.07, 6.45) is 3.52. The van der Waals surface area contributed by atoms with Crippen molar-refractivity contribution in [1.82, 2.24) is 15.0 Å². The Kier molecular flexibility index (Phi) is 3.65. The molecule has 0 unspecified atom stereocenters. The highest BCUT2D eigenvalue weighted by Crippen LogP contribution is 2.18.